The van der Waals surface area contributed by atoms with Crippen molar-refractivity contribution in [3.8, 4) is 17.2 Å². The van der Waals surface area contributed by atoms with Crippen molar-refractivity contribution in [1.82, 2.24) is 0 Å². The first-order chi connectivity index (χ1) is 19.5. The lowest BCUT2D eigenvalue weighted by atomic mass is 9.59. The number of Topliss-reactive ketones (excluding diaryl/α,β-unsaturated/α-hetero) is 1. The molecule has 6 rings (SSSR count). The van der Waals surface area contributed by atoms with Gasteiger partial charge in [-0.2, -0.15) is 0 Å². The summed E-state index contributed by atoms with van der Waals surface area (Å²) < 4.78 is 5.27. The van der Waals surface area contributed by atoms with Gasteiger partial charge in [0, 0.05) is 29.2 Å². The van der Waals surface area contributed by atoms with Crippen LogP contribution in [0.1, 0.15) is 34.7 Å². The SMILES string of the molecule is COc1ccc([C@H]2C3=CC[C@@H]4C(=O)N(c5ccc(C(=O)O)c(O)c5)C(=O)[C@@H]4[C@@H]3CC3=C2C(=O)C=C(Br)C3=O)cc1O. The predicted octanol–water partition coefficient (Wildman–Crippen LogP) is 3.77. The standard InChI is InChI=1S/C30H22BrNO9/c1-41-23-7-2-12(8-21(23)34)24-14-5-6-16-25(17(14)10-18-26(24)22(35)11-19(31)27(18)36)29(38)32(28(16)37)13-3-4-15(30(39)40)20(33)9-13/h2-5,7-9,11,16-17,24-25,33-34H,6,10H2,1H3,(H,39,40)/t16-,17+,24-,25-/m0/s1. The van der Waals surface area contributed by atoms with Gasteiger partial charge < -0.3 is 20.1 Å². The van der Waals surface area contributed by atoms with E-state index in [1.165, 1.54) is 25.3 Å². The number of fused-ring (bicyclic) bond motifs is 3. The summed E-state index contributed by atoms with van der Waals surface area (Å²) in [6.45, 7) is 0. The third kappa shape index (κ3) is 3.94. The number of rotatable bonds is 4. The number of aromatic carboxylic acids is 1. The molecule has 41 heavy (non-hydrogen) atoms. The largest absolute Gasteiger partial charge is 0.507 e. The smallest absolute Gasteiger partial charge is 0.339 e. The maximum absolute atomic E-state index is 13.9. The fourth-order valence-corrected chi connectivity index (χ4v) is 7.01. The van der Waals surface area contributed by atoms with Crippen molar-refractivity contribution in [2.24, 2.45) is 17.8 Å². The van der Waals surface area contributed by atoms with Gasteiger partial charge in [-0.25, -0.2) is 9.69 Å². The molecular formula is C30H22BrNO9. The molecule has 0 spiro atoms. The highest BCUT2D eigenvalue weighted by molar-refractivity contribution is 9.12. The average Bonchev–Trinajstić information content (AvgIpc) is 3.19. The Hall–Kier alpha value is -4.51. The lowest BCUT2D eigenvalue weighted by Gasteiger charge is -2.42. The van der Waals surface area contributed by atoms with E-state index in [4.69, 9.17) is 4.74 Å². The van der Waals surface area contributed by atoms with Crippen LogP contribution < -0.4 is 9.64 Å². The number of imide groups is 1. The van der Waals surface area contributed by atoms with Crippen LogP contribution in [0.2, 0.25) is 0 Å². The second-order valence-corrected chi connectivity index (χ2v) is 11.2. The van der Waals surface area contributed by atoms with Crippen LogP contribution >= 0.6 is 15.9 Å². The number of carboxylic acid groups (broad SMARTS) is 1. The van der Waals surface area contributed by atoms with Gasteiger partial charge in [0.15, 0.2) is 23.1 Å². The molecule has 208 valence electrons. The molecule has 0 radical (unpaired) electrons. The number of carboxylic acids is 1. The number of hydrogen-bond acceptors (Lipinski definition) is 8. The highest BCUT2D eigenvalue weighted by atomic mass is 79.9. The van der Waals surface area contributed by atoms with Crippen LogP contribution in [-0.4, -0.2) is 51.8 Å². The van der Waals surface area contributed by atoms with Crippen molar-refractivity contribution in [3.63, 3.8) is 0 Å². The maximum atomic E-state index is 13.9. The van der Waals surface area contributed by atoms with Crippen LogP contribution in [0.4, 0.5) is 5.69 Å². The number of phenols is 2. The van der Waals surface area contributed by atoms with Gasteiger partial charge in [-0.05, 0) is 64.5 Å². The Kier molecular flexibility index (Phi) is 6.22. The molecule has 4 aliphatic rings. The maximum Gasteiger partial charge on any atom is 0.339 e. The summed E-state index contributed by atoms with van der Waals surface area (Å²) in [6, 6.07) is 8.20. The summed E-state index contributed by atoms with van der Waals surface area (Å²) >= 11 is 3.18. The second-order valence-electron chi connectivity index (χ2n) is 10.3. The Labute approximate surface area is 241 Å². The number of hydrogen-bond donors (Lipinski definition) is 3. The highest BCUT2D eigenvalue weighted by Crippen LogP contribution is 2.56. The summed E-state index contributed by atoms with van der Waals surface area (Å²) in [6.07, 6.45) is 3.32. The summed E-state index contributed by atoms with van der Waals surface area (Å²) in [5, 5.41) is 30.0. The number of carbonyl (C=O) groups is 5. The van der Waals surface area contributed by atoms with Gasteiger partial charge in [-0.3, -0.25) is 19.2 Å². The van der Waals surface area contributed by atoms with Gasteiger partial charge >= 0.3 is 5.97 Å². The van der Waals surface area contributed by atoms with Crippen LogP contribution in [0.15, 0.2) is 69.8 Å². The van der Waals surface area contributed by atoms with Gasteiger partial charge in [0.2, 0.25) is 11.8 Å². The van der Waals surface area contributed by atoms with Crippen LogP contribution in [0.5, 0.6) is 17.2 Å². The minimum Gasteiger partial charge on any atom is -0.507 e. The molecule has 2 aromatic carbocycles. The van der Waals surface area contributed by atoms with Crippen molar-refractivity contribution in [3.05, 3.63) is 80.9 Å². The Morgan fingerprint density at radius 1 is 1.00 bits per heavy atom. The lowest BCUT2D eigenvalue weighted by molar-refractivity contribution is -0.123. The Bertz CT molecular complexity index is 1700. The molecule has 10 nitrogen and oxygen atoms in total. The molecule has 1 fully saturated rings. The topological polar surface area (TPSA) is 159 Å². The van der Waals surface area contributed by atoms with Crippen molar-refractivity contribution in [2.45, 2.75) is 18.8 Å². The average molecular weight is 620 g/mol. The number of amides is 2. The Balaban J connectivity index is 1.46. The van der Waals surface area contributed by atoms with Crippen LogP contribution in [-0.2, 0) is 19.2 Å². The normalized spacial score (nSPS) is 25.4. The van der Waals surface area contributed by atoms with Gasteiger partial charge in [-0.15, -0.1) is 0 Å². The van der Waals surface area contributed by atoms with E-state index in [-0.39, 0.29) is 62.8 Å². The predicted molar refractivity (Wildman–Crippen MR) is 147 cm³/mol. The minimum atomic E-state index is -1.36. The number of anilines is 1. The number of methoxy groups -OCH3 is 1. The van der Waals surface area contributed by atoms with Crippen LogP contribution in [0.3, 0.4) is 0 Å². The summed E-state index contributed by atoms with van der Waals surface area (Å²) in [5.41, 5.74) is 1.42. The van der Waals surface area contributed by atoms with Crippen LogP contribution in [0, 0.1) is 17.8 Å². The van der Waals surface area contributed by atoms with Gasteiger partial charge in [0.1, 0.15) is 11.3 Å². The molecule has 1 saturated heterocycles. The molecule has 0 bridgehead atoms. The molecule has 2 aromatic rings. The van der Waals surface area contributed by atoms with Gasteiger partial charge in [-0.1, -0.05) is 17.7 Å². The number of allylic oxidation sites excluding steroid dienone is 6. The molecule has 0 unspecified atom stereocenters. The fourth-order valence-electron chi connectivity index (χ4n) is 6.57. The molecule has 11 heteroatoms. The van der Waals surface area contributed by atoms with Gasteiger partial charge in [0.25, 0.3) is 0 Å². The zero-order valence-electron chi connectivity index (χ0n) is 21.5. The quantitative estimate of drug-likeness (QED) is 0.263. The van der Waals surface area contributed by atoms with E-state index in [0.717, 1.165) is 17.0 Å². The molecule has 0 aromatic heterocycles. The van der Waals surface area contributed by atoms with Crippen molar-refractivity contribution >= 4 is 51.0 Å². The highest BCUT2D eigenvalue weighted by Gasteiger charge is 2.56. The fraction of sp³-hybridized carbons (Fsp3) is 0.233. The third-order valence-corrected chi connectivity index (χ3v) is 8.93. The van der Waals surface area contributed by atoms with E-state index in [2.05, 4.69) is 15.9 Å². The molecule has 3 N–H and O–H groups in total. The molecular weight excluding hydrogens is 598 g/mol. The summed E-state index contributed by atoms with van der Waals surface area (Å²) in [4.78, 5) is 66.4. The summed E-state index contributed by atoms with van der Waals surface area (Å²) in [7, 11) is 1.41. The van der Waals surface area contributed by atoms with E-state index >= 15 is 0 Å². The number of nitrogens with zero attached hydrogens (tertiary/aromatic N) is 1. The van der Waals surface area contributed by atoms with Crippen molar-refractivity contribution in [1.29, 1.82) is 0 Å². The number of benzene rings is 2. The van der Waals surface area contributed by atoms with E-state index in [1.54, 1.807) is 12.1 Å². The number of carbonyl (C=O) groups excluding carboxylic acids is 4. The zero-order valence-corrected chi connectivity index (χ0v) is 23.0. The molecule has 3 aliphatic carbocycles. The first-order valence-electron chi connectivity index (χ1n) is 12.7. The Morgan fingerprint density at radius 2 is 1.76 bits per heavy atom. The molecule has 0 saturated carbocycles. The number of ether oxygens (including phenoxy) is 1. The van der Waals surface area contributed by atoms with Gasteiger partial charge in [0.05, 0.1) is 29.1 Å². The molecule has 1 aliphatic heterocycles. The van der Waals surface area contributed by atoms with Crippen LogP contribution in [0.25, 0.3) is 0 Å². The molecule has 4 atom stereocenters. The summed E-state index contributed by atoms with van der Waals surface area (Å²) in [5.74, 6) is -6.61. The monoisotopic (exact) mass is 619 g/mol. The minimum absolute atomic E-state index is 0.0420. The van der Waals surface area contributed by atoms with E-state index < -0.39 is 47.2 Å². The van der Waals surface area contributed by atoms with Crippen molar-refractivity contribution in [2.75, 3.05) is 12.0 Å². The first-order valence-corrected chi connectivity index (χ1v) is 13.5. The number of halogens is 1. The third-order valence-electron chi connectivity index (χ3n) is 8.34. The molecule has 1 heterocycles. The number of ketones is 2. The Morgan fingerprint density at radius 3 is 2.41 bits per heavy atom. The van der Waals surface area contributed by atoms with E-state index in [1.807, 2.05) is 6.08 Å². The van der Waals surface area contributed by atoms with E-state index in [0.29, 0.717) is 11.1 Å². The zero-order chi connectivity index (χ0) is 29.3. The second kappa shape index (κ2) is 9.55. The lowest BCUT2D eigenvalue weighted by Crippen LogP contribution is -2.39. The molecule has 2 amide bonds. The van der Waals surface area contributed by atoms with E-state index in [9.17, 15) is 39.3 Å². The first kappa shape index (κ1) is 26.7. The number of aromatic hydroxyl groups is 2. The van der Waals surface area contributed by atoms with Crippen molar-refractivity contribution < 1.29 is 44.0 Å². The number of phenolic OH excluding ortho intramolecular Hbond substituents is 1.